The molecule has 3 aromatic rings. The highest BCUT2D eigenvalue weighted by Crippen LogP contribution is 2.30. The fourth-order valence-electron chi connectivity index (χ4n) is 4.06. The van der Waals surface area contributed by atoms with Crippen LogP contribution in [0.1, 0.15) is 32.8 Å². The first-order valence-corrected chi connectivity index (χ1v) is 15.0. The third-order valence-electron chi connectivity index (χ3n) is 6.08. The third-order valence-corrected chi connectivity index (χ3v) is 8.31. The van der Waals surface area contributed by atoms with Crippen molar-refractivity contribution in [2.75, 3.05) is 17.4 Å². The minimum atomic E-state index is -4.25. The lowest BCUT2D eigenvalue weighted by Crippen LogP contribution is -2.52. The highest BCUT2D eigenvalue weighted by molar-refractivity contribution is 7.92. The van der Waals surface area contributed by atoms with E-state index in [4.69, 9.17) is 23.2 Å². The molecule has 7 nitrogen and oxygen atoms in total. The van der Waals surface area contributed by atoms with Crippen LogP contribution < -0.4 is 9.62 Å². The smallest absolute Gasteiger partial charge is 0.264 e. The molecule has 11 heteroatoms. The zero-order valence-corrected chi connectivity index (χ0v) is 24.8. The van der Waals surface area contributed by atoms with E-state index < -0.39 is 34.3 Å². The molecule has 3 rings (SSSR count). The summed E-state index contributed by atoms with van der Waals surface area (Å²) < 4.78 is 42.1. The van der Waals surface area contributed by atoms with E-state index >= 15 is 0 Å². The van der Waals surface area contributed by atoms with Crippen molar-refractivity contribution in [1.82, 2.24) is 10.2 Å². The quantitative estimate of drug-likeness (QED) is 0.277. The molecule has 40 heavy (non-hydrogen) atoms. The van der Waals surface area contributed by atoms with E-state index in [1.54, 1.807) is 25.1 Å². The van der Waals surface area contributed by atoms with Crippen molar-refractivity contribution >= 4 is 50.7 Å². The van der Waals surface area contributed by atoms with Crippen LogP contribution in [0.5, 0.6) is 0 Å². The van der Waals surface area contributed by atoms with Crippen LogP contribution in [-0.4, -0.2) is 44.3 Å². The average molecular weight is 609 g/mol. The number of hydrogen-bond acceptors (Lipinski definition) is 4. The molecule has 0 saturated carbocycles. The highest BCUT2D eigenvalue weighted by atomic mass is 35.5. The molecule has 2 amide bonds. The number of nitrogens with one attached hydrogen (secondary N) is 1. The lowest BCUT2D eigenvalue weighted by Gasteiger charge is -2.33. The molecule has 0 radical (unpaired) electrons. The van der Waals surface area contributed by atoms with Gasteiger partial charge in [-0.2, -0.15) is 0 Å². The minimum Gasteiger partial charge on any atom is -0.354 e. The van der Waals surface area contributed by atoms with Gasteiger partial charge in [-0.15, -0.1) is 0 Å². The number of nitrogens with zero attached hydrogens (tertiary/aromatic N) is 2. The molecule has 0 bridgehead atoms. The van der Waals surface area contributed by atoms with Gasteiger partial charge in [0.15, 0.2) is 0 Å². The van der Waals surface area contributed by atoms with Gasteiger partial charge in [0.1, 0.15) is 18.4 Å². The molecule has 0 fully saturated rings. The predicted octanol–water partition coefficient (Wildman–Crippen LogP) is 5.91. The molecular formula is C29H32Cl2FN3O4S. The van der Waals surface area contributed by atoms with Crippen LogP contribution >= 0.6 is 23.2 Å². The minimum absolute atomic E-state index is 0.0364. The highest BCUT2D eigenvalue weighted by Gasteiger charge is 2.34. The van der Waals surface area contributed by atoms with E-state index in [0.717, 1.165) is 4.31 Å². The van der Waals surface area contributed by atoms with Gasteiger partial charge in [-0.1, -0.05) is 74.3 Å². The average Bonchev–Trinajstić information content (AvgIpc) is 2.91. The molecule has 214 valence electrons. The molecule has 3 aromatic carbocycles. The second-order valence-corrected chi connectivity index (χ2v) is 12.4. The maximum atomic E-state index is 14.0. The zero-order valence-electron chi connectivity index (χ0n) is 22.5. The van der Waals surface area contributed by atoms with Crippen LogP contribution in [0.3, 0.4) is 0 Å². The molecule has 0 spiro atoms. The Labute approximate surface area is 244 Å². The first-order valence-electron chi connectivity index (χ1n) is 12.8. The van der Waals surface area contributed by atoms with E-state index in [0.29, 0.717) is 12.1 Å². The summed E-state index contributed by atoms with van der Waals surface area (Å²) >= 11 is 12.4. The molecule has 1 atom stereocenters. The first kappa shape index (κ1) is 31.4. The Hall–Kier alpha value is -3.14. The van der Waals surface area contributed by atoms with Gasteiger partial charge in [-0.25, -0.2) is 12.8 Å². The third kappa shape index (κ3) is 8.19. The van der Waals surface area contributed by atoms with Gasteiger partial charge in [0.25, 0.3) is 10.0 Å². The molecule has 0 aliphatic carbocycles. The van der Waals surface area contributed by atoms with Gasteiger partial charge in [-0.05, 0) is 60.4 Å². The predicted molar refractivity (Wildman–Crippen MR) is 156 cm³/mol. The number of hydrogen-bond donors (Lipinski definition) is 1. The summed E-state index contributed by atoms with van der Waals surface area (Å²) in [5, 5.41) is 3.23. The van der Waals surface area contributed by atoms with E-state index in [9.17, 15) is 22.4 Å². The summed E-state index contributed by atoms with van der Waals surface area (Å²) in [7, 11) is -4.25. The van der Waals surface area contributed by atoms with Gasteiger partial charge in [0.2, 0.25) is 11.8 Å². The lowest BCUT2D eigenvalue weighted by atomic mass is 10.1. The van der Waals surface area contributed by atoms with Crippen LogP contribution in [0.2, 0.25) is 10.0 Å². The fourth-order valence-corrected chi connectivity index (χ4v) is 5.99. The summed E-state index contributed by atoms with van der Waals surface area (Å²) in [6, 6.07) is 16.6. The number of rotatable bonds is 12. The molecule has 0 aliphatic heterocycles. The standard InChI is InChI=1S/C29H32Cl2FN3O4S/c1-4-27(29(37)33-17-20(2)3)34(18-21-10-12-24(32)13-11-21)28(36)19-35(25-15-22(30)14-23(31)16-25)40(38,39)26-8-6-5-7-9-26/h5-16,20,27H,4,17-19H2,1-3H3,(H,33,37). The van der Waals surface area contributed by atoms with Gasteiger partial charge in [-0.3, -0.25) is 13.9 Å². The Morgan fingerprint density at radius 2 is 1.55 bits per heavy atom. The summed E-state index contributed by atoms with van der Waals surface area (Å²) in [6.07, 6.45) is 0.269. The summed E-state index contributed by atoms with van der Waals surface area (Å²) in [4.78, 5) is 28.5. The van der Waals surface area contributed by atoms with Crippen molar-refractivity contribution in [2.24, 2.45) is 5.92 Å². The van der Waals surface area contributed by atoms with Crippen LogP contribution in [0, 0.1) is 11.7 Å². The van der Waals surface area contributed by atoms with Gasteiger partial charge in [0.05, 0.1) is 10.6 Å². The van der Waals surface area contributed by atoms with Crippen molar-refractivity contribution in [3.8, 4) is 0 Å². The second kappa shape index (κ2) is 14.0. The monoisotopic (exact) mass is 607 g/mol. The van der Waals surface area contributed by atoms with Crippen molar-refractivity contribution in [3.63, 3.8) is 0 Å². The molecule has 1 unspecified atom stereocenters. The van der Waals surface area contributed by atoms with E-state index in [1.165, 1.54) is 59.5 Å². The second-order valence-electron chi connectivity index (χ2n) is 9.66. The topological polar surface area (TPSA) is 86.8 Å². The number of sulfonamides is 1. The number of halogens is 3. The van der Waals surface area contributed by atoms with Crippen molar-refractivity contribution in [2.45, 2.75) is 44.7 Å². The zero-order chi connectivity index (χ0) is 29.4. The molecule has 0 heterocycles. The number of amides is 2. The number of anilines is 1. The fraction of sp³-hybridized carbons (Fsp3) is 0.310. The molecular weight excluding hydrogens is 576 g/mol. The van der Waals surface area contributed by atoms with Gasteiger partial charge in [0, 0.05) is 23.1 Å². The summed E-state index contributed by atoms with van der Waals surface area (Å²) in [6.45, 7) is 5.39. The normalized spacial score (nSPS) is 12.2. The Bertz CT molecular complexity index is 1400. The van der Waals surface area contributed by atoms with Gasteiger partial charge < -0.3 is 10.2 Å². The van der Waals surface area contributed by atoms with Crippen LogP contribution in [-0.2, 0) is 26.2 Å². The maximum absolute atomic E-state index is 14.0. The summed E-state index contributed by atoms with van der Waals surface area (Å²) in [5.74, 6) is -1.26. The Balaban J connectivity index is 2.06. The van der Waals surface area contributed by atoms with E-state index in [-0.39, 0.29) is 45.4 Å². The van der Waals surface area contributed by atoms with Crippen LogP contribution in [0.15, 0.2) is 77.7 Å². The van der Waals surface area contributed by atoms with E-state index in [2.05, 4.69) is 5.32 Å². The van der Waals surface area contributed by atoms with Gasteiger partial charge >= 0.3 is 0 Å². The van der Waals surface area contributed by atoms with Crippen molar-refractivity contribution < 1.29 is 22.4 Å². The lowest BCUT2D eigenvalue weighted by molar-refractivity contribution is -0.140. The number of carbonyl (C=O) groups is 2. The Morgan fingerprint density at radius 1 is 0.950 bits per heavy atom. The molecule has 0 aliphatic rings. The van der Waals surface area contributed by atoms with Crippen LogP contribution in [0.25, 0.3) is 0 Å². The van der Waals surface area contributed by atoms with Crippen molar-refractivity contribution in [1.29, 1.82) is 0 Å². The molecule has 1 N–H and O–H groups in total. The maximum Gasteiger partial charge on any atom is 0.264 e. The largest absolute Gasteiger partial charge is 0.354 e. The SMILES string of the molecule is CCC(C(=O)NCC(C)C)N(Cc1ccc(F)cc1)C(=O)CN(c1cc(Cl)cc(Cl)c1)S(=O)(=O)c1ccccc1. The van der Waals surface area contributed by atoms with Crippen molar-refractivity contribution in [3.05, 3.63) is 94.2 Å². The summed E-state index contributed by atoms with van der Waals surface area (Å²) in [5.41, 5.74) is 0.668. The molecule has 0 saturated heterocycles. The number of benzene rings is 3. The Kier molecular flexibility index (Phi) is 11.0. The van der Waals surface area contributed by atoms with E-state index in [1.807, 2.05) is 13.8 Å². The Morgan fingerprint density at radius 3 is 2.10 bits per heavy atom. The first-order chi connectivity index (χ1) is 18.9. The molecule has 0 aromatic heterocycles. The van der Waals surface area contributed by atoms with Crippen LogP contribution in [0.4, 0.5) is 10.1 Å². The number of carbonyl (C=O) groups excluding carboxylic acids is 2.